The van der Waals surface area contributed by atoms with E-state index in [9.17, 15) is 9.59 Å². The summed E-state index contributed by atoms with van der Waals surface area (Å²) in [7, 11) is 7.89. The van der Waals surface area contributed by atoms with Gasteiger partial charge in [0, 0.05) is 31.0 Å². The third kappa shape index (κ3) is 13.4. The molecule has 0 fully saturated rings. The summed E-state index contributed by atoms with van der Waals surface area (Å²) in [6, 6.07) is 4.55. The van der Waals surface area contributed by atoms with Gasteiger partial charge in [-0.15, -0.1) is 0 Å². The van der Waals surface area contributed by atoms with Gasteiger partial charge in [-0.2, -0.15) is 0 Å². The smallest absolute Gasteiger partial charge is 0.312 e. The van der Waals surface area contributed by atoms with E-state index in [1.165, 1.54) is 47.1 Å². The molecular formula is C35H58N2O3. The summed E-state index contributed by atoms with van der Waals surface area (Å²) in [5.74, 6) is 1.52. The number of benzene rings is 1. The van der Waals surface area contributed by atoms with E-state index in [1.807, 2.05) is 38.0 Å². The summed E-state index contributed by atoms with van der Waals surface area (Å²) in [6.07, 6.45) is 12.4. The lowest BCUT2D eigenvalue weighted by Gasteiger charge is -2.33. The first-order chi connectivity index (χ1) is 18.9. The van der Waals surface area contributed by atoms with Gasteiger partial charge >= 0.3 is 5.97 Å². The van der Waals surface area contributed by atoms with Crippen LogP contribution in [-0.2, 0) is 22.4 Å². The fourth-order valence-corrected chi connectivity index (χ4v) is 5.19. The van der Waals surface area contributed by atoms with Crippen LogP contribution in [-0.4, -0.2) is 62.8 Å². The lowest BCUT2D eigenvalue weighted by atomic mass is 9.72. The van der Waals surface area contributed by atoms with Crippen molar-refractivity contribution in [3.63, 3.8) is 0 Å². The first kappa shape index (κ1) is 35.8. The Morgan fingerprint density at radius 2 is 1.60 bits per heavy atom. The third-order valence-corrected chi connectivity index (χ3v) is 7.49. The van der Waals surface area contributed by atoms with Crippen LogP contribution < -0.4 is 4.74 Å². The van der Waals surface area contributed by atoms with Crippen LogP contribution in [0.15, 0.2) is 35.9 Å². The average Bonchev–Trinajstić information content (AvgIpc) is 2.87. The van der Waals surface area contributed by atoms with Crippen molar-refractivity contribution < 1.29 is 14.3 Å². The number of unbranched alkanes of at least 4 members (excludes halogenated alkanes) is 2. The van der Waals surface area contributed by atoms with Gasteiger partial charge in [-0.05, 0) is 104 Å². The zero-order chi connectivity index (χ0) is 30.2. The molecule has 1 aliphatic rings. The SMILES string of the molecule is C=C(C)C1CCC(C)=CC1c1c(CCC)cc(CCCCC)cc1OC(=O)CCN(C)C.CC(=O)CCN(C)C. The Kier molecular flexibility index (Phi) is 17.0. The standard InChI is InChI=1S/C29H45NO2.C6H13NO/c1-8-10-11-13-23-19-24(12-9-2)29(26-18-22(5)14-15-25(26)21(3)4)27(20-23)32-28(31)16-17-30(6)7;1-6(8)4-5-7(2)3/h18-20,25-26H,3,8-17H2,1-2,4-7H3;4-5H2,1-3H3. The second-order valence-corrected chi connectivity index (χ2v) is 12.2. The minimum atomic E-state index is -0.142. The van der Waals surface area contributed by atoms with Gasteiger partial charge < -0.3 is 14.5 Å². The normalized spacial score (nSPS) is 16.8. The Labute approximate surface area is 246 Å². The maximum atomic E-state index is 12.8. The van der Waals surface area contributed by atoms with Gasteiger partial charge in [-0.1, -0.05) is 63.0 Å². The van der Waals surface area contributed by atoms with E-state index in [4.69, 9.17) is 4.74 Å². The molecule has 2 atom stereocenters. The number of nitrogens with zero attached hydrogens (tertiary/aromatic N) is 2. The molecule has 1 aliphatic carbocycles. The predicted octanol–water partition coefficient (Wildman–Crippen LogP) is 7.77. The number of carbonyl (C=O) groups is 2. The number of ketones is 1. The number of hydrogen-bond donors (Lipinski definition) is 0. The summed E-state index contributed by atoms with van der Waals surface area (Å²) in [5, 5.41) is 0. The fourth-order valence-electron chi connectivity index (χ4n) is 5.19. The van der Waals surface area contributed by atoms with Gasteiger partial charge in [0.2, 0.25) is 0 Å². The van der Waals surface area contributed by atoms with Crippen molar-refractivity contribution in [2.24, 2.45) is 5.92 Å². The van der Waals surface area contributed by atoms with E-state index in [-0.39, 0.29) is 17.7 Å². The molecule has 0 saturated heterocycles. The van der Waals surface area contributed by atoms with Crippen LogP contribution >= 0.6 is 0 Å². The fraction of sp³-hybridized carbons (Fsp3) is 0.657. The molecule has 0 bridgehead atoms. The number of hydrogen-bond acceptors (Lipinski definition) is 5. The predicted molar refractivity (Wildman–Crippen MR) is 170 cm³/mol. The van der Waals surface area contributed by atoms with E-state index in [1.54, 1.807) is 6.92 Å². The maximum Gasteiger partial charge on any atom is 0.312 e. The van der Waals surface area contributed by atoms with Gasteiger partial charge in [0.1, 0.15) is 11.5 Å². The Bertz CT molecular complexity index is 977. The molecule has 5 nitrogen and oxygen atoms in total. The van der Waals surface area contributed by atoms with E-state index >= 15 is 0 Å². The Morgan fingerprint density at radius 1 is 0.950 bits per heavy atom. The Balaban J connectivity index is 0.000000869. The second-order valence-electron chi connectivity index (χ2n) is 12.2. The summed E-state index contributed by atoms with van der Waals surface area (Å²) in [5.41, 5.74) is 6.50. The van der Waals surface area contributed by atoms with Crippen LogP contribution in [0.3, 0.4) is 0 Å². The highest BCUT2D eigenvalue weighted by molar-refractivity contribution is 5.75. The molecule has 1 aromatic rings. The van der Waals surface area contributed by atoms with E-state index in [2.05, 4.69) is 52.5 Å². The summed E-state index contributed by atoms with van der Waals surface area (Å²) >= 11 is 0. The number of esters is 1. The number of aryl methyl sites for hydroxylation is 2. The van der Waals surface area contributed by atoms with Gasteiger partial charge in [0.25, 0.3) is 0 Å². The molecule has 226 valence electrons. The first-order valence-corrected chi connectivity index (χ1v) is 15.4. The van der Waals surface area contributed by atoms with Crippen molar-refractivity contribution in [2.75, 3.05) is 41.3 Å². The molecule has 2 rings (SSSR count). The molecule has 0 aliphatic heterocycles. The van der Waals surface area contributed by atoms with E-state index < -0.39 is 0 Å². The van der Waals surface area contributed by atoms with Crippen LogP contribution in [0, 0.1) is 5.92 Å². The maximum absolute atomic E-state index is 12.8. The van der Waals surface area contributed by atoms with Crippen LogP contribution in [0.5, 0.6) is 5.75 Å². The Hall–Kier alpha value is -2.24. The Morgan fingerprint density at radius 3 is 2.12 bits per heavy atom. The highest BCUT2D eigenvalue weighted by Gasteiger charge is 2.30. The molecule has 0 heterocycles. The molecule has 5 heteroatoms. The van der Waals surface area contributed by atoms with Crippen molar-refractivity contribution in [3.8, 4) is 5.75 Å². The number of rotatable bonds is 15. The van der Waals surface area contributed by atoms with Crippen molar-refractivity contribution in [3.05, 3.63) is 52.6 Å². The summed E-state index contributed by atoms with van der Waals surface area (Å²) in [4.78, 5) is 27.1. The molecule has 0 N–H and O–H groups in total. The van der Waals surface area contributed by atoms with Crippen LogP contribution in [0.25, 0.3) is 0 Å². The molecular weight excluding hydrogens is 496 g/mol. The highest BCUT2D eigenvalue weighted by Crippen LogP contribution is 2.45. The van der Waals surface area contributed by atoms with E-state index in [0.29, 0.717) is 25.3 Å². The highest BCUT2D eigenvalue weighted by atomic mass is 16.5. The zero-order valence-corrected chi connectivity index (χ0v) is 27.2. The molecule has 0 saturated carbocycles. The molecule has 0 radical (unpaired) electrons. The van der Waals surface area contributed by atoms with Gasteiger partial charge in [0.05, 0.1) is 6.42 Å². The van der Waals surface area contributed by atoms with E-state index in [0.717, 1.165) is 44.4 Å². The van der Waals surface area contributed by atoms with Crippen molar-refractivity contribution in [2.45, 2.75) is 105 Å². The molecule has 0 aromatic heterocycles. The molecule has 40 heavy (non-hydrogen) atoms. The molecule has 0 spiro atoms. The lowest BCUT2D eigenvalue weighted by Crippen LogP contribution is -2.22. The third-order valence-electron chi connectivity index (χ3n) is 7.49. The first-order valence-electron chi connectivity index (χ1n) is 15.4. The number of ether oxygens (including phenoxy) is 1. The second kappa shape index (κ2) is 19.0. The molecule has 0 amide bonds. The largest absolute Gasteiger partial charge is 0.426 e. The minimum Gasteiger partial charge on any atom is -0.426 e. The lowest BCUT2D eigenvalue weighted by molar-refractivity contribution is -0.134. The van der Waals surface area contributed by atoms with Crippen molar-refractivity contribution in [1.29, 1.82) is 0 Å². The number of Topliss-reactive ketones (excluding diaryl/α,β-unsaturated/α-hetero) is 1. The molecule has 1 aromatic carbocycles. The number of carbonyl (C=O) groups excluding carboxylic acids is 2. The topological polar surface area (TPSA) is 49.9 Å². The number of allylic oxidation sites excluding steroid dienone is 3. The minimum absolute atomic E-state index is 0.142. The monoisotopic (exact) mass is 554 g/mol. The van der Waals surface area contributed by atoms with Gasteiger partial charge in [-0.25, -0.2) is 0 Å². The van der Waals surface area contributed by atoms with Gasteiger partial charge in [-0.3, -0.25) is 9.59 Å². The quantitative estimate of drug-likeness (QED) is 0.0959. The van der Waals surface area contributed by atoms with Gasteiger partial charge in [0.15, 0.2) is 0 Å². The summed E-state index contributed by atoms with van der Waals surface area (Å²) in [6.45, 7) is 16.3. The van der Waals surface area contributed by atoms with Crippen molar-refractivity contribution >= 4 is 11.8 Å². The van der Waals surface area contributed by atoms with Crippen LogP contribution in [0.4, 0.5) is 0 Å². The summed E-state index contributed by atoms with van der Waals surface area (Å²) < 4.78 is 6.12. The zero-order valence-electron chi connectivity index (χ0n) is 27.2. The van der Waals surface area contributed by atoms with Crippen LogP contribution in [0.2, 0.25) is 0 Å². The average molecular weight is 555 g/mol. The molecule has 2 unspecified atom stereocenters. The van der Waals surface area contributed by atoms with Crippen molar-refractivity contribution in [1.82, 2.24) is 9.80 Å². The van der Waals surface area contributed by atoms with Crippen LogP contribution in [0.1, 0.15) is 109 Å².